The molecule has 1 saturated heterocycles. The number of rotatable bonds is 2. The highest BCUT2D eigenvalue weighted by atomic mass is 16.5. The second kappa shape index (κ2) is 5.57. The average molecular weight is 251 g/mol. The van der Waals surface area contributed by atoms with Gasteiger partial charge in [0, 0.05) is 38.6 Å². The quantitative estimate of drug-likeness (QED) is 0.830. The first-order valence-electron chi connectivity index (χ1n) is 5.93. The van der Waals surface area contributed by atoms with Crippen molar-refractivity contribution < 1.29 is 14.3 Å². The summed E-state index contributed by atoms with van der Waals surface area (Å²) < 4.78 is 4.65. The van der Waals surface area contributed by atoms with Crippen molar-refractivity contribution in [3.63, 3.8) is 0 Å². The number of carbonyl (C=O) groups is 2. The first kappa shape index (κ1) is 12.5. The van der Waals surface area contributed by atoms with Gasteiger partial charge in [-0.1, -0.05) is 0 Å². The maximum Gasteiger partial charge on any atom is 0.409 e. The monoisotopic (exact) mass is 251 g/mol. The topological polar surface area (TPSA) is 65.6 Å². The Morgan fingerprint density at radius 1 is 1.28 bits per heavy atom. The normalized spacial score (nSPS) is 15.6. The van der Waals surface area contributed by atoms with E-state index in [-0.39, 0.29) is 12.0 Å². The standard InChI is InChI=1S/C12H17N3O3/c1-18-12(17)15-6-4-14(5-7-15)11(16)8-10-2-3-13-9-10/h2-3,9,13H,4-8H2,1H3. The van der Waals surface area contributed by atoms with Crippen LogP contribution in [0.4, 0.5) is 4.79 Å². The Morgan fingerprint density at radius 3 is 2.50 bits per heavy atom. The van der Waals surface area contributed by atoms with Gasteiger partial charge >= 0.3 is 6.09 Å². The second-order valence-electron chi connectivity index (χ2n) is 4.23. The molecular formula is C12H17N3O3. The van der Waals surface area contributed by atoms with Crippen molar-refractivity contribution in [2.45, 2.75) is 6.42 Å². The fourth-order valence-corrected chi connectivity index (χ4v) is 2.02. The number of amides is 2. The molecule has 1 fully saturated rings. The van der Waals surface area contributed by atoms with E-state index in [0.717, 1.165) is 5.56 Å². The highest BCUT2D eigenvalue weighted by Gasteiger charge is 2.24. The summed E-state index contributed by atoms with van der Waals surface area (Å²) in [6.45, 7) is 2.20. The Bertz CT molecular complexity index is 408. The molecular weight excluding hydrogens is 234 g/mol. The van der Waals surface area contributed by atoms with Crippen molar-refractivity contribution in [2.24, 2.45) is 0 Å². The van der Waals surface area contributed by atoms with Gasteiger partial charge in [0.1, 0.15) is 0 Å². The van der Waals surface area contributed by atoms with Gasteiger partial charge in [0.05, 0.1) is 13.5 Å². The van der Waals surface area contributed by atoms with Gasteiger partial charge in [-0.05, 0) is 11.6 Å². The Balaban J connectivity index is 1.82. The summed E-state index contributed by atoms with van der Waals surface area (Å²) in [5.41, 5.74) is 0.982. The van der Waals surface area contributed by atoms with Crippen LogP contribution in [0.5, 0.6) is 0 Å². The molecule has 1 aliphatic heterocycles. The summed E-state index contributed by atoms with van der Waals surface area (Å²) in [6.07, 6.45) is 3.70. The molecule has 0 bridgehead atoms. The fraction of sp³-hybridized carbons (Fsp3) is 0.500. The number of methoxy groups -OCH3 is 1. The number of ether oxygens (including phenoxy) is 1. The zero-order valence-electron chi connectivity index (χ0n) is 10.4. The van der Waals surface area contributed by atoms with Gasteiger partial charge in [0.15, 0.2) is 0 Å². The van der Waals surface area contributed by atoms with E-state index < -0.39 is 0 Å². The lowest BCUT2D eigenvalue weighted by molar-refractivity contribution is -0.132. The maximum absolute atomic E-state index is 12.0. The molecule has 0 spiro atoms. The third-order valence-corrected chi connectivity index (χ3v) is 3.08. The zero-order valence-corrected chi connectivity index (χ0v) is 10.4. The minimum absolute atomic E-state index is 0.0964. The lowest BCUT2D eigenvalue weighted by Crippen LogP contribution is -2.50. The number of nitrogens with one attached hydrogen (secondary N) is 1. The van der Waals surface area contributed by atoms with E-state index in [2.05, 4.69) is 9.72 Å². The van der Waals surface area contributed by atoms with Crippen molar-refractivity contribution in [3.8, 4) is 0 Å². The molecule has 0 saturated carbocycles. The van der Waals surface area contributed by atoms with Crippen molar-refractivity contribution in [2.75, 3.05) is 33.3 Å². The van der Waals surface area contributed by atoms with E-state index in [4.69, 9.17) is 0 Å². The number of nitrogens with zero attached hydrogens (tertiary/aromatic N) is 2. The van der Waals surface area contributed by atoms with E-state index in [9.17, 15) is 9.59 Å². The number of carbonyl (C=O) groups excluding carboxylic acids is 2. The smallest absolute Gasteiger partial charge is 0.409 e. The van der Waals surface area contributed by atoms with Crippen molar-refractivity contribution in [3.05, 3.63) is 24.0 Å². The number of hydrogen-bond acceptors (Lipinski definition) is 3. The summed E-state index contributed by atoms with van der Waals surface area (Å²) in [6, 6.07) is 1.89. The van der Waals surface area contributed by atoms with E-state index in [1.807, 2.05) is 12.3 Å². The second-order valence-corrected chi connectivity index (χ2v) is 4.23. The van der Waals surface area contributed by atoms with Gasteiger partial charge in [-0.2, -0.15) is 0 Å². The fourth-order valence-electron chi connectivity index (χ4n) is 2.02. The lowest BCUT2D eigenvalue weighted by atomic mass is 10.2. The maximum atomic E-state index is 12.0. The van der Waals surface area contributed by atoms with Crippen LogP contribution in [0, 0.1) is 0 Å². The molecule has 6 heteroatoms. The summed E-state index contributed by atoms with van der Waals surface area (Å²) in [7, 11) is 1.37. The first-order valence-corrected chi connectivity index (χ1v) is 5.93. The number of H-pyrrole nitrogens is 1. The van der Waals surface area contributed by atoms with Crippen LogP contribution in [-0.4, -0.2) is 60.1 Å². The molecule has 0 aliphatic carbocycles. The predicted octanol–water partition coefficient (Wildman–Crippen LogP) is 0.468. The van der Waals surface area contributed by atoms with E-state index in [1.165, 1.54) is 7.11 Å². The zero-order chi connectivity index (χ0) is 13.0. The molecule has 2 heterocycles. The van der Waals surface area contributed by atoms with Crippen molar-refractivity contribution in [1.82, 2.24) is 14.8 Å². The van der Waals surface area contributed by atoms with Gasteiger partial charge in [-0.15, -0.1) is 0 Å². The van der Waals surface area contributed by atoms with Crippen molar-refractivity contribution in [1.29, 1.82) is 0 Å². The molecule has 2 rings (SSSR count). The first-order chi connectivity index (χ1) is 8.70. The molecule has 1 N–H and O–H groups in total. The highest BCUT2D eigenvalue weighted by molar-refractivity contribution is 5.79. The molecule has 2 amide bonds. The van der Waals surface area contributed by atoms with Gasteiger partial charge in [0.2, 0.25) is 5.91 Å². The van der Waals surface area contributed by atoms with Crippen LogP contribution in [0.2, 0.25) is 0 Å². The lowest BCUT2D eigenvalue weighted by Gasteiger charge is -2.33. The molecule has 6 nitrogen and oxygen atoms in total. The van der Waals surface area contributed by atoms with Crippen LogP contribution in [0.1, 0.15) is 5.56 Å². The van der Waals surface area contributed by atoms with Gasteiger partial charge in [-0.25, -0.2) is 4.79 Å². The van der Waals surface area contributed by atoms with Crippen LogP contribution < -0.4 is 0 Å². The predicted molar refractivity (Wildman–Crippen MR) is 65.1 cm³/mol. The molecule has 0 atom stereocenters. The van der Waals surface area contributed by atoms with Crippen LogP contribution in [-0.2, 0) is 16.0 Å². The van der Waals surface area contributed by atoms with E-state index >= 15 is 0 Å². The summed E-state index contributed by atoms with van der Waals surface area (Å²) in [5, 5.41) is 0. The number of piperazine rings is 1. The van der Waals surface area contributed by atoms with Crippen molar-refractivity contribution >= 4 is 12.0 Å². The van der Waals surface area contributed by atoms with E-state index in [1.54, 1.807) is 16.0 Å². The summed E-state index contributed by atoms with van der Waals surface area (Å²) >= 11 is 0. The number of aromatic amines is 1. The van der Waals surface area contributed by atoms with Crippen LogP contribution in [0.25, 0.3) is 0 Å². The van der Waals surface area contributed by atoms with Gasteiger partial charge in [0.25, 0.3) is 0 Å². The molecule has 1 aliphatic rings. The van der Waals surface area contributed by atoms with Crippen LogP contribution >= 0.6 is 0 Å². The molecule has 0 unspecified atom stereocenters. The molecule has 0 aromatic carbocycles. The minimum atomic E-state index is -0.326. The van der Waals surface area contributed by atoms with Gasteiger partial charge < -0.3 is 19.5 Å². The highest BCUT2D eigenvalue weighted by Crippen LogP contribution is 2.07. The summed E-state index contributed by atoms with van der Waals surface area (Å²) in [5.74, 6) is 0.0964. The number of hydrogen-bond donors (Lipinski definition) is 1. The van der Waals surface area contributed by atoms with Crippen LogP contribution in [0.15, 0.2) is 18.5 Å². The van der Waals surface area contributed by atoms with Gasteiger partial charge in [-0.3, -0.25) is 4.79 Å². The summed E-state index contributed by atoms with van der Waals surface area (Å²) in [4.78, 5) is 29.6. The molecule has 98 valence electrons. The third-order valence-electron chi connectivity index (χ3n) is 3.08. The Morgan fingerprint density at radius 2 is 1.94 bits per heavy atom. The molecule has 1 aromatic rings. The largest absolute Gasteiger partial charge is 0.453 e. The SMILES string of the molecule is COC(=O)N1CCN(C(=O)Cc2cc[nH]c2)CC1. The molecule has 18 heavy (non-hydrogen) atoms. The third kappa shape index (κ3) is 2.82. The Hall–Kier alpha value is -1.98. The molecule has 0 radical (unpaired) electrons. The minimum Gasteiger partial charge on any atom is -0.453 e. The Kier molecular flexibility index (Phi) is 3.86. The Labute approximate surface area is 106 Å². The number of aromatic nitrogens is 1. The average Bonchev–Trinajstić information content (AvgIpc) is 2.91. The van der Waals surface area contributed by atoms with E-state index in [0.29, 0.717) is 32.6 Å². The van der Waals surface area contributed by atoms with Crippen LogP contribution in [0.3, 0.4) is 0 Å². The molecule has 1 aromatic heterocycles.